The highest BCUT2D eigenvalue weighted by Crippen LogP contribution is 2.16. The van der Waals surface area contributed by atoms with E-state index in [1.807, 2.05) is 0 Å². The van der Waals surface area contributed by atoms with Crippen LogP contribution >= 0.6 is 0 Å². The lowest BCUT2D eigenvalue weighted by atomic mass is 10.0. The van der Waals surface area contributed by atoms with Crippen molar-refractivity contribution in [1.82, 2.24) is 9.78 Å². The fourth-order valence-corrected chi connectivity index (χ4v) is 1.81. The summed E-state index contributed by atoms with van der Waals surface area (Å²) >= 11 is 0. The molecule has 0 bridgehead atoms. The minimum Gasteiger partial charge on any atom is -0.383 e. The van der Waals surface area contributed by atoms with Crippen molar-refractivity contribution >= 4 is 0 Å². The minimum absolute atomic E-state index is 0.211. The van der Waals surface area contributed by atoms with Crippen LogP contribution in [0.15, 0.2) is 41.2 Å². The quantitative estimate of drug-likeness (QED) is 0.887. The SMILES string of the molecule is COCCn1nc(C(N)c2ccc(F)cc2)ccc1=O. The first kappa shape index (κ1) is 14.4. The summed E-state index contributed by atoms with van der Waals surface area (Å²) in [5, 5.41) is 4.21. The average Bonchev–Trinajstić information content (AvgIpc) is 2.46. The van der Waals surface area contributed by atoms with Gasteiger partial charge >= 0.3 is 0 Å². The molecule has 1 heterocycles. The molecule has 106 valence electrons. The van der Waals surface area contributed by atoms with Crippen molar-refractivity contribution in [1.29, 1.82) is 0 Å². The second-order valence-corrected chi connectivity index (χ2v) is 4.34. The first-order chi connectivity index (χ1) is 9.61. The van der Waals surface area contributed by atoms with E-state index >= 15 is 0 Å². The monoisotopic (exact) mass is 277 g/mol. The Balaban J connectivity index is 2.27. The third-order valence-corrected chi connectivity index (χ3v) is 2.94. The smallest absolute Gasteiger partial charge is 0.266 e. The van der Waals surface area contributed by atoms with Gasteiger partial charge in [0.15, 0.2) is 0 Å². The molecular formula is C14H16FN3O2. The van der Waals surface area contributed by atoms with Gasteiger partial charge in [0.1, 0.15) is 5.82 Å². The van der Waals surface area contributed by atoms with Crippen LogP contribution in [0.5, 0.6) is 0 Å². The highest BCUT2D eigenvalue weighted by Gasteiger charge is 2.12. The van der Waals surface area contributed by atoms with Crippen molar-refractivity contribution in [2.24, 2.45) is 5.73 Å². The number of methoxy groups -OCH3 is 1. The zero-order valence-electron chi connectivity index (χ0n) is 11.1. The molecule has 2 rings (SSSR count). The van der Waals surface area contributed by atoms with Crippen LogP contribution in [0, 0.1) is 5.82 Å². The maximum Gasteiger partial charge on any atom is 0.266 e. The van der Waals surface area contributed by atoms with Gasteiger partial charge in [0.05, 0.1) is 24.9 Å². The first-order valence-electron chi connectivity index (χ1n) is 6.20. The molecule has 0 aliphatic carbocycles. The van der Waals surface area contributed by atoms with E-state index in [9.17, 15) is 9.18 Å². The van der Waals surface area contributed by atoms with E-state index in [4.69, 9.17) is 10.5 Å². The fourth-order valence-electron chi connectivity index (χ4n) is 1.81. The van der Waals surface area contributed by atoms with Crippen LogP contribution in [-0.2, 0) is 11.3 Å². The summed E-state index contributed by atoms with van der Waals surface area (Å²) in [5.41, 5.74) is 7.15. The van der Waals surface area contributed by atoms with E-state index < -0.39 is 6.04 Å². The summed E-state index contributed by atoms with van der Waals surface area (Å²) in [4.78, 5) is 11.6. The fraction of sp³-hybridized carbons (Fsp3) is 0.286. The summed E-state index contributed by atoms with van der Waals surface area (Å²) in [6.45, 7) is 0.751. The lowest BCUT2D eigenvalue weighted by Crippen LogP contribution is -2.27. The molecule has 0 amide bonds. The van der Waals surface area contributed by atoms with Crippen molar-refractivity contribution < 1.29 is 9.13 Å². The zero-order chi connectivity index (χ0) is 14.5. The molecule has 0 radical (unpaired) electrons. The zero-order valence-corrected chi connectivity index (χ0v) is 11.1. The molecule has 0 saturated heterocycles. The van der Waals surface area contributed by atoms with Crippen molar-refractivity contribution in [2.75, 3.05) is 13.7 Å². The van der Waals surface area contributed by atoms with Crippen LogP contribution in [0.2, 0.25) is 0 Å². The Morgan fingerprint density at radius 1 is 1.30 bits per heavy atom. The lowest BCUT2D eigenvalue weighted by molar-refractivity contribution is 0.181. The van der Waals surface area contributed by atoms with Gasteiger partial charge in [0, 0.05) is 13.2 Å². The first-order valence-corrected chi connectivity index (χ1v) is 6.20. The number of nitrogens with two attached hydrogens (primary N) is 1. The Morgan fingerprint density at radius 2 is 2.00 bits per heavy atom. The van der Waals surface area contributed by atoms with Gasteiger partial charge in [0.25, 0.3) is 5.56 Å². The Bertz CT molecular complexity index is 625. The molecule has 6 heteroatoms. The van der Waals surface area contributed by atoms with Crippen LogP contribution in [0.3, 0.4) is 0 Å². The number of benzene rings is 1. The second-order valence-electron chi connectivity index (χ2n) is 4.34. The van der Waals surface area contributed by atoms with Crippen LogP contribution in [0.4, 0.5) is 4.39 Å². The Labute approximate surface area is 115 Å². The molecule has 0 spiro atoms. The van der Waals surface area contributed by atoms with Crippen LogP contribution in [-0.4, -0.2) is 23.5 Å². The summed E-state index contributed by atoms with van der Waals surface area (Å²) in [6.07, 6.45) is 0. The maximum atomic E-state index is 12.9. The van der Waals surface area contributed by atoms with Gasteiger partial charge in [-0.05, 0) is 23.8 Å². The molecule has 0 aliphatic rings. The van der Waals surface area contributed by atoms with Crippen LogP contribution < -0.4 is 11.3 Å². The Morgan fingerprint density at radius 3 is 2.65 bits per heavy atom. The molecule has 2 aromatic rings. The highest BCUT2D eigenvalue weighted by atomic mass is 19.1. The van der Waals surface area contributed by atoms with E-state index in [1.54, 1.807) is 25.3 Å². The highest BCUT2D eigenvalue weighted by molar-refractivity contribution is 5.26. The van der Waals surface area contributed by atoms with Gasteiger partial charge in [-0.3, -0.25) is 4.79 Å². The molecule has 1 unspecified atom stereocenters. The minimum atomic E-state index is -0.509. The summed E-state index contributed by atoms with van der Waals surface area (Å²) in [6, 6.07) is 8.39. The summed E-state index contributed by atoms with van der Waals surface area (Å²) < 4.78 is 19.1. The van der Waals surface area contributed by atoms with E-state index in [2.05, 4.69) is 5.10 Å². The number of hydrogen-bond donors (Lipinski definition) is 1. The largest absolute Gasteiger partial charge is 0.383 e. The van der Waals surface area contributed by atoms with E-state index in [0.717, 1.165) is 5.56 Å². The number of halogens is 1. The molecule has 1 aromatic carbocycles. The van der Waals surface area contributed by atoms with Crippen molar-refractivity contribution in [3.63, 3.8) is 0 Å². The molecule has 20 heavy (non-hydrogen) atoms. The number of nitrogens with zero attached hydrogens (tertiary/aromatic N) is 2. The van der Waals surface area contributed by atoms with Crippen LogP contribution in [0.1, 0.15) is 17.3 Å². The molecule has 1 atom stereocenters. The predicted molar refractivity (Wildman–Crippen MR) is 72.8 cm³/mol. The molecule has 5 nitrogen and oxygen atoms in total. The molecule has 0 fully saturated rings. The van der Waals surface area contributed by atoms with Gasteiger partial charge < -0.3 is 10.5 Å². The van der Waals surface area contributed by atoms with Crippen molar-refractivity contribution in [2.45, 2.75) is 12.6 Å². The maximum absolute atomic E-state index is 12.9. The third kappa shape index (κ3) is 3.28. The summed E-state index contributed by atoms with van der Waals surface area (Å²) in [7, 11) is 1.55. The summed E-state index contributed by atoms with van der Waals surface area (Å²) in [5.74, 6) is -0.320. The van der Waals surface area contributed by atoms with Crippen molar-refractivity contribution in [3.05, 3.63) is 63.8 Å². The number of rotatable bonds is 5. The van der Waals surface area contributed by atoms with Crippen molar-refractivity contribution in [3.8, 4) is 0 Å². The number of aromatic nitrogens is 2. The molecule has 0 aliphatic heterocycles. The third-order valence-electron chi connectivity index (χ3n) is 2.94. The Kier molecular flexibility index (Phi) is 4.60. The normalized spacial score (nSPS) is 12.3. The molecule has 1 aromatic heterocycles. The lowest BCUT2D eigenvalue weighted by Gasteiger charge is -2.13. The average molecular weight is 277 g/mol. The van der Waals surface area contributed by atoms with Gasteiger partial charge in [-0.25, -0.2) is 9.07 Å². The topological polar surface area (TPSA) is 70.1 Å². The van der Waals surface area contributed by atoms with E-state index in [0.29, 0.717) is 18.8 Å². The molecule has 2 N–H and O–H groups in total. The number of hydrogen-bond acceptors (Lipinski definition) is 4. The number of ether oxygens (including phenoxy) is 1. The van der Waals surface area contributed by atoms with Gasteiger partial charge in [-0.15, -0.1) is 0 Å². The Hall–Kier alpha value is -2.05. The van der Waals surface area contributed by atoms with Gasteiger partial charge in [0.2, 0.25) is 0 Å². The predicted octanol–water partition coefficient (Wildman–Crippen LogP) is 1.08. The standard InChI is InChI=1S/C14H16FN3O2/c1-20-9-8-18-13(19)7-6-12(17-18)14(16)10-2-4-11(15)5-3-10/h2-7,14H,8-9,16H2,1H3. The van der Waals surface area contributed by atoms with Gasteiger partial charge in [-0.2, -0.15) is 5.10 Å². The van der Waals surface area contributed by atoms with Crippen LogP contribution in [0.25, 0.3) is 0 Å². The molecular weight excluding hydrogens is 261 g/mol. The van der Waals surface area contributed by atoms with Gasteiger partial charge in [-0.1, -0.05) is 12.1 Å². The second kappa shape index (κ2) is 6.40. The van der Waals surface area contributed by atoms with E-state index in [-0.39, 0.29) is 11.4 Å². The molecule has 0 saturated carbocycles. The van der Waals surface area contributed by atoms with E-state index in [1.165, 1.54) is 22.9 Å².